The van der Waals surface area contributed by atoms with Gasteiger partial charge in [0.15, 0.2) is 0 Å². The molecule has 1 aromatic rings. The van der Waals surface area contributed by atoms with Crippen molar-refractivity contribution in [1.82, 2.24) is 10.3 Å². The number of nitrogens with zero attached hydrogens (tertiary/aromatic N) is 1. The van der Waals surface area contributed by atoms with E-state index >= 15 is 0 Å². The van der Waals surface area contributed by atoms with Crippen LogP contribution in [0.2, 0.25) is 0 Å². The Morgan fingerprint density at radius 1 is 1.26 bits per heavy atom. The van der Waals surface area contributed by atoms with E-state index in [2.05, 4.69) is 37.1 Å². The molecule has 1 aromatic heterocycles. The number of aromatic nitrogens is 1. The Bertz CT molecular complexity index is 366. The maximum atomic E-state index is 4.21. The molecule has 1 aliphatic rings. The van der Waals surface area contributed by atoms with Crippen molar-refractivity contribution in [2.45, 2.75) is 58.9 Å². The first kappa shape index (κ1) is 14.5. The van der Waals surface area contributed by atoms with Crippen LogP contribution < -0.4 is 5.32 Å². The minimum Gasteiger partial charge on any atom is -0.310 e. The van der Waals surface area contributed by atoms with Gasteiger partial charge in [-0.25, -0.2) is 0 Å². The van der Waals surface area contributed by atoms with E-state index in [9.17, 15) is 0 Å². The number of rotatable bonds is 6. The molecular formula is C17H28N2. The Balaban J connectivity index is 1.92. The van der Waals surface area contributed by atoms with Crippen molar-refractivity contribution < 1.29 is 0 Å². The van der Waals surface area contributed by atoms with Crippen LogP contribution >= 0.6 is 0 Å². The molecule has 1 atom stereocenters. The Hall–Kier alpha value is -0.890. The van der Waals surface area contributed by atoms with Crippen molar-refractivity contribution in [2.24, 2.45) is 11.3 Å². The summed E-state index contributed by atoms with van der Waals surface area (Å²) in [6.07, 6.45) is 10.8. The summed E-state index contributed by atoms with van der Waals surface area (Å²) >= 11 is 0. The summed E-state index contributed by atoms with van der Waals surface area (Å²) in [5.74, 6) is 0.800. The van der Waals surface area contributed by atoms with Crippen LogP contribution in [0.4, 0.5) is 0 Å². The smallest absolute Gasteiger partial charge is 0.0315 e. The standard InChI is InChI=1S/C17H28N2/c1-14(2)11-17(8-4-5-9-17)13-19-15(3)16-7-6-10-18-12-16/h6-7,10,12,14-15,19H,4-5,8-9,11,13H2,1-3H3. The average Bonchev–Trinajstić information content (AvgIpc) is 2.85. The van der Waals surface area contributed by atoms with Gasteiger partial charge in [-0.3, -0.25) is 4.98 Å². The molecule has 1 fully saturated rings. The molecule has 1 heterocycles. The molecule has 19 heavy (non-hydrogen) atoms. The molecular weight excluding hydrogens is 232 g/mol. The molecule has 2 heteroatoms. The van der Waals surface area contributed by atoms with Crippen LogP contribution in [0.3, 0.4) is 0 Å². The van der Waals surface area contributed by atoms with Gasteiger partial charge in [0.05, 0.1) is 0 Å². The summed E-state index contributed by atoms with van der Waals surface area (Å²) in [5, 5.41) is 3.75. The predicted octanol–water partition coefficient (Wildman–Crippen LogP) is 4.34. The van der Waals surface area contributed by atoms with Gasteiger partial charge in [-0.1, -0.05) is 32.8 Å². The summed E-state index contributed by atoms with van der Waals surface area (Å²) in [5.41, 5.74) is 1.84. The maximum Gasteiger partial charge on any atom is 0.0315 e. The van der Waals surface area contributed by atoms with Gasteiger partial charge in [0.1, 0.15) is 0 Å². The Morgan fingerprint density at radius 2 is 2.00 bits per heavy atom. The lowest BCUT2D eigenvalue weighted by atomic mass is 9.78. The number of hydrogen-bond acceptors (Lipinski definition) is 2. The average molecular weight is 260 g/mol. The zero-order chi connectivity index (χ0) is 13.7. The summed E-state index contributed by atoms with van der Waals surface area (Å²) in [7, 11) is 0. The highest BCUT2D eigenvalue weighted by molar-refractivity contribution is 5.12. The van der Waals surface area contributed by atoms with Gasteiger partial charge in [0.2, 0.25) is 0 Å². The maximum absolute atomic E-state index is 4.21. The third-order valence-corrected chi connectivity index (χ3v) is 4.47. The lowest BCUT2D eigenvalue weighted by Gasteiger charge is -2.32. The van der Waals surface area contributed by atoms with E-state index in [1.807, 2.05) is 18.5 Å². The normalized spacial score (nSPS) is 19.8. The first-order valence-corrected chi connectivity index (χ1v) is 7.75. The van der Waals surface area contributed by atoms with E-state index in [-0.39, 0.29) is 0 Å². The molecule has 2 nitrogen and oxygen atoms in total. The molecule has 0 radical (unpaired) electrons. The SMILES string of the molecule is CC(C)CC1(CNC(C)c2cccnc2)CCCC1. The third-order valence-electron chi connectivity index (χ3n) is 4.47. The first-order valence-electron chi connectivity index (χ1n) is 7.75. The lowest BCUT2D eigenvalue weighted by Crippen LogP contribution is -2.34. The summed E-state index contributed by atoms with van der Waals surface area (Å²) < 4.78 is 0. The van der Waals surface area contributed by atoms with Crippen LogP contribution in [0.1, 0.15) is 64.5 Å². The van der Waals surface area contributed by atoms with E-state index in [1.54, 1.807) is 0 Å². The van der Waals surface area contributed by atoms with Crippen LogP contribution in [0, 0.1) is 11.3 Å². The summed E-state index contributed by atoms with van der Waals surface area (Å²) in [6, 6.07) is 4.58. The van der Waals surface area contributed by atoms with Crippen LogP contribution in [0.25, 0.3) is 0 Å². The molecule has 0 aromatic carbocycles. The van der Waals surface area contributed by atoms with E-state index in [1.165, 1.54) is 37.7 Å². The fraction of sp³-hybridized carbons (Fsp3) is 0.706. The Labute approximate surface area is 118 Å². The van der Waals surface area contributed by atoms with Crippen molar-refractivity contribution in [1.29, 1.82) is 0 Å². The van der Waals surface area contributed by atoms with Crippen LogP contribution in [-0.2, 0) is 0 Å². The Kier molecular flexibility index (Phi) is 4.98. The second-order valence-electron chi connectivity index (χ2n) is 6.69. The van der Waals surface area contributed by atoms with Gasteiger partial charge < -0.3 is 5.32 Å². The topological polar surface area (TPSA) is 24.9 Å². The van der Waals surface area contributed by atoms with Gasteiger partial charge >= 0.3 is 0 Å². The third kappa shape index (κ3) is 4.04. The van der Waals surface area contributed by atoms with Gasteiger partial charge in [0, 0.05) is 25.0 Å². The minimum absolute atomic E-state index is 0.401. The summed E-state index contributed by atoms with van der Waals surface area (Å²) in [4.78, 5) is 4.21. The fourth-order valence-corrected chi connectivity index (χ4v) is 3.56. The van der Waals surface area contributed by atoms with Crippen molar-refractivity contribution in [2.75, 3.05) is 6.54 Å². The van der Waals surface area contributed by atoms with Gasteiger partial charge in [-0.2, -0.15) is 0 Å². The Morgan fingerprint density at radius 3 is 2.58 bits per heavy atom. The quantitative estimate of drug-likeness (QED) is 0.823. The molecule has 0 bridgehead atoms. The highest BCUT2D eigenvalue weighted by atomic mass is 14.9. The zero-order valence-electron chi connectivity index (χ0n) is 12.7. The minimum atomic E-state index is 0.401. The zero-order valence-corrected chi connectivity index (χ0v) is 12.7. The van der Waals surface area contributed by atoms with Crippen molar-refractivity contribution >= 4 is 0 Å². The second kappa shape index (κ2) is 6.51. The van der Waals surface area contributed by atoms with E-state index in [4.69, 9.17) is 0 Å². The number of pyridine rings is 1. The van der Waals surface area contributed by atoms with Crippen LogP contribution in [0.5, 0.6) is 0 Å². The molecule has 0 spiro atoms. The molecule has 2 rings (SSSR count). The molecule has 1 saturated carbocycles. The van der Waals surface area contributed by atoms with Crippen LogP contribution in [-0.4, -0.2) is 11.5 Å². The van der Waals surface area contributed by atoms with Crippen molar-refractivity contribution in [3.05, 3.63) is 30.1 Å². The molecule has 1 N–H and O–H groups in total. The van der Waals surface area contributed by atoms with E-state index in [0.717, 1.165) is 12.5 Å². The molecule has 106 valence electrons. The van der Waals surface area contributed by atoms with E-state index in [0.29, 0.717) is 11.5 Å². The predicted molar refractivity (Wildman–Crippen MR) is 81.0 cm³/mol. The molecule has 0 aliphatic heterocycles. The van der Waals surface area contributed by atoms with Crippen LogP contribution in [0.15, 0.2) is 24.5 Å². The molecule has 0 saturated heterocycles. The first-order chi connectivity index (χ1) is 9.11. The monoisotopic (exact) mass is 260 g/mol. The molecule has 1 unspecified atom stereocenters. The lowest BCUT2D eigenvalue weighted by molar-refractivity contribution is 0.217. The highest BCUT2D eigenvalue weighted by Gasteiger charge is 2.34. The largest absolute Gasteiger partial charge is 0.310 e. The van der Waals surface area contributed by atoms with Gasteiger partial charge in [-0.05, 0) is 49.1 Å². The van der Waals surface area contributed by atoms with Crippen molar-refractivity contribution in [3.8, 4) is 0 Å². The molecule has 0 amide bonds. The van der Waals surface area contributed by atoms with E-state index < -0.39 is 0 Å². The number of hydrogen-bond donors (Lipinski definition) is 1. The van der Waals surface area contributed by atoms with Crippen molar-refractivity contribution in [3.63, 3.8) is 0 Å². The molecule has 1 aliphatic carbocycles. The number of nitrogens with one attached hydrogen (secondary N) is 1. The van der Waals surface area contributed by atoms with Gasteiger partial charge in [-0.15, -0.1) is 0 Å². The second-order valence-corrected chi connectivity index (χ2v) is 6.69. The van der Waals surface area contributed by atoms with Gasteiger partial charge in [0.25, 0.3) is 0 Å². The highest BCUT2D eigenvalue weighted by Crippen LogP contribution is 2.42. The fourth-order valence-electron chi connectivity index (χ4n) is 3.56. The summed E-state index contributed by atoms with van der Waals surface area (Å²) in [6.45, 7) is 8.10.